The monoisotopic (exact) mass is 351 g/mol. The number of amides is 2. The van der Waals surface area contributed by atoms with E-state index >= 15 is 0 Å². The molecule has 124 valence electrons. The highest BCUT2D eigenvalue weighted by molar-refractivity contribution is 6.36. The highest BCUT2D eigenvalue weighted by Gasteiger charge is 2.62. The molecular weight excluding hydrogens is 338 g/mol. The Kier molecular flexibility index (Phi) is 2.98. The van der Waals surface area contributed by atoms with Crippen molar-refractivity contribution in [3.63, 3.8) is 0 Å². The smallest absolute Gasteiger partial charge is 0.238 e. The Morgan fingerprint density at radius 3 is 2.24 bits per heavy atom. The molecule has 0 aromatic heterocycles. The van der Waals surface area contributed by atoms with Gasteiger partial charge in [0.1, 0.15) is 5.78 Å². The Bertz CT molecular complexity index is 953. The van der Waals surface area contributed by atoms with E-state index in [1.165, 1.54) is 4.90 Å². The van der Waals surface area contributed by atoms with Crippen LogP contribution < -0.4 is 4.90 Å². The Morgan fingerprint density at radius 1 is 0.840 bits per heavy atom. The second kappa shape index (κ2) is 5.02. The lowest BCUT2D eigenvalue weighted by molar-refractivity contribution is -0.134. The zero-order chi connectivity index (χ0) is 17.3. The minimum absolute atomic E-state index is 0.0621. The first-order valence-corrected chi connectivity index (χ1v) is 8.71. The number of rotatable bonds is 1. The molecule has 4 nitrogen and oxygen atoms in total. The topological polar surface area (TPSA) is 54.5 Å². The Labute approximate surface area is 149 Å². The molecule has 25 heavy (non-hydrogen) atoms. The summed E-state index contributed by atoms with van der Waals surface area (Å²) in [5.41, 5.74) is 2.35. The van der Waals surface area contributed by atoms with E-state index in [0.717, 1.165) is 11.1 Å². The highest BCUT2D eigenvalue weighted by Crippen LogP contribution is 2.57. The normalized spacial score (nSPS) is 29.8. The van der Waals surface area contributed by atoms with Crippen LogP contribution in [0.15, 0.2) is 48.5 Å². The summed E-state index contributed by atoms with van der Waals surface area (Å²) in [6.07, 6.45) is 0.332. The van der Waals surface area contributed by atoms with Gasteiger partial charge >= 0.3 is 0 Å². The lowest BCUT2D eigenvalue weighted by atomic mass is 9.56. The molecule has 3 aliphatic carbocycles. The number of anilines is 1. The number of Topliss-reactive ketones (excluding diaryl/α,β-unsaturated/α-hetero) is 1. The first-order chi connectivity index (χ1) is 12.1. The van der Waals surface area contributed by atoms with Crippen molar-refractivity contribution < 1.29 is 14.4 Å². The van der Waals surface area contributed by atoms with Crippen molar-refractivity contribution in [1.29, 1.82) is 0 Å². The van der Waals surface area contributed by atoms with Gasteiger partial charge in [-0.15, -0.1) is 0 Å². The third kappa shape index (κ3) is 1.80. The Morgan fingerprint density at radius 2 is 1.48 bits per heavy atom. The van der Waals surface area contributed by atoms with Crippen LogP contribution in [0.4, 0.5) is 5.69 Å². The first kappa shape index (κ1) is 14.8. The second-order valence-electron chi connectivity index (χ2n) is 6.90. The van der Waals surface area contributed by atoms with Crippen LogP contribution in [0.5, 0.6) is 0 Å². The first-order valence-electron chi connectivity index (χ1n) is 8.33. The summed E-state index contributed by atoms with van der Waals surface area (Å²) in [6, 6.07) is 14.5. The van der Waals surface area contributed by atoms with Crippen molar-refractivity contribution in [3.8, 4) is 0 Å². The molecule has 2 bridgehead atoms. The summed E-state index contributed by atoms with van der Waals surface area (Å²) in [5, 5.41) is 0.360. The molecule has 2 fully saturated rings. The molecule has 2 aromatic rings. The molecule has 6 rings (SSSR count). The van der Waals surface area contributed by atoms with Crippen LogP contribution in [0.3, 0.4) is 0 Å². The van der Waals surface area contributed by atoms with E-state index in [1.54, 1.807) is 24.3 Å². The molecule has 2 amide bonds. The van der Waals surface area contributed by atoms with Gasteiger partial charge in [-0.25, -0.2) is 4.90 Å². The fourth-order valence-electron chi connectivity index (χ4n) is 4.83. The van der Waals surface area contributed by atoms with Crippen LogP contribution in [0.2, 0.25) is 5.02 Å². The summed E-state index contributed by atoms with van der Waals surface area (Å²) in [7, 11) is 0. The number of carbonyl (C=O) groups excluding carboxylic acids is 3. The van der Waals surface area contributed by atoms with Crippen LogP contribution in [-0.4, -0.2) is 17.6 Å². The fourth-order valence-corrected chi connectivity index (χ4v) is 5.05. The number of benzene rings is 2. The molecule has 0 unspecified atom stereocenters. The lowest BCUT2D eigenvalue weighted by Gasteiger charge is -2.43. The predicted molar refractivity (Wildman–Crippen MR) is 92.5 cm³/mol. The van der Waals surface area contributed by atoms with Gasteiger partial charge in [-0.05, 0) is 23.3 Å². The molecule has 1 saturated carbocycles. The molecule has 1 saturated heterocycles. The zero-order valence-electron chi connectivity index (χ0n) is 13.2. The number of ketones is 1. The molecule has 5 heteroatoms. The van der Waals surface area contributed by atoms with Gasteiger partial charge in [0.25, 0.3) is 0 Å². The molecule has 2 aromatic carbocycles. The third-order valence-corrected chi connectivity index (χ3v) is 6.10. The van der Waals surface area contributed by atoms with Crippen molar-refractivity contribution in [2.45, 2.75) is 18.3 Å². The predicted octanol–water partition coefficient (Wildman–Crippen LogP) is 3.30. The highest BCUT2D eigenvalue weighted by atomic mass is 35.5. The summed E-state index contributed by atoms with van der Waals surface area (Å²) in [4.78, 5) is 40.1. The average molecular weight is 352 g/mol. The number of hydrogen-bond donors (Lipinski definition) is 0. The Hall–Kier alpha value is -2.46. The molecule has 4 atom stereocenters. The van der Waals surface area contributed by atoms with Crippen molar-refractivity contribution in [1.82, 2.24) is 0 Å². The van der Waals surface area contributed by atoms with Crippen molar-refractivity contribution in [3.05, 3.63) is 64.7 Å². The molecule has 0 spiro atoms. The number of carbonyl (C=O) groups is 3. The van der Waals surface area contributed by atoms with Gasteiger partial charge in [-0.3, -0.25) is 14.4 Å². The minimum Gasteiger partial charge on any atom is -0.299 e. The SMILES string of the molecule is O=C1C[C@H]2c3ccccc3[C@H]1[C@@H]1C(=O)N(c3ccccc3Cl)C(=O)[C@@H]12. The molecule has 1 aliphatic heterocycles. The summed E-state index contributed by atoms with van der Waals surface area (Å²) in [6.45, 7) is 0. The van der Waals surface area contributed by atoms with Gasteiger partial charge < -0.3 is 0 Å². The number of imide groups is 1. The molecule has 0 N–H and O–H groups in total. The van der Waals surface area contributed by atoms with Gasteiger partial charge in [-0.1, -0.05) is 48.0 Å². The van der Waals surface area contributed by atoms with E-state index in [0.29, 0.717) is 17.1 Å². The van der Waals surface area contributed by atoms with Crippen LogP contribution in [0, 0.1) is 11.8 Å². The largest absolute Gasteiger partial charge is 0.299 e. The number of hydrogen-bond acceptors (Lipinski definition) is 3. The molecule has 0 radical (unpaired) electrons. The van der Waals surface area contributed by atoms with Gasteiger partial charge in [0, 0.05) is 12.3 Å². The Balaban J connectivity index is 1.68. The van der Waals surface area contributed by atoms with E-state index in [2.05, 4.69) is 0 Å². The van der Waals surface area contributed by atoms with Gasteiger partial charge in [-0.2, -0.15) is 0 Å². The minimum atomic E-state index is -0.607. The van der Waals surface area contributed by atoms with E-state index < -0.39 is 17.8 Å². The molecule has 4 aliphatic rings. The second-order valence-corrected chi connectivity index (χ2v) is 7.31. The van der Waals surface area contributed by atoms with E-state index in [1.807, 2.05) is 24.3 Å². The average Bonchev–Trinajstić information content (AvgIpc) is 2.88. The van der Waals surface area contributed by atoms with Crippen LogP contribution in [-0.2, 0) is 14.4 Å². The van der Waals surface area contributed by atoms with E-state index in [-0.39, 0.29) is 23.5 Å². The third-order valence-electron chi connectivity index (χ3n) is 5.78. The van der Waals surface area contributed by atoms with Crippen LogP contribution in [0.1, 0.15) is 29.4 Å². The standard InChI is InChI=1S/C20H14ClNO3/c21-13-7-3-4-8-14(13)22-19(24)17-12-9-15(23)16(18(17)20(22)25)11-6-2-1-5-10(11)12/h1-8,12,16-18H,9H2/t12-,16+,17+,18-/m0/s1. The summed E-state index contributed by atoms with van der Waals surface area (Å²) < 4.78 is 0. The number of fused-ring (bicyclic) bond motifs is 1. The fraction of sp³-hybridized carbons (Fsp3) is 0.250. The maximum absolute atomic E-state index is 13.1. The van der Waals surface area contributed by atoms with E-state index in [9.17, 15) is 14.4 Å². The lowest BCUT2D eigenvalue weighted by Crippen LogP contribution is -2.44. The number of halogens is 1. The zero-order valence-corrected chi connectivity index (χ0v) is 13.9. The van der Waals surface area contributed by atoms with Gasteiger partial charge in [0.2, 0.25) is 11.8 Å². The van der Waals surface area contributed by atoms with Gasteiger partial charge in [0.15, 0.2) is 0 Å². The van der Waals surface area contributed by atoms with Crippen molar-refractivity contribution in [2.75, 3.05) is 4.90 Å². The summed E-state index contributed by atoms with van der Waals surface area (Å²) in [5.74, 6) is -2.29. The van der Waals surface area contributed by atoms with Crippen molar-refractivity contribution >= 4 is 34.9 Å². The van der Waals surface area contributed by atoms with Crippen molar-refractivity contribution in [2.24, 2.45) is 11.8 Å². The van der Waals surface area contributed by atoms with Crippen LogP contribution in [0.25, 0.3) is 0 Å². The number of para-hydroxylation sites is 1. The molecular formula is C20H14ClNO3. The maximum Gasteiger partial charge on any atom is 0.238 e. The number of nitrogens with zero attached hydrogens (tertiary/aromatic N) is 1. The van der Waals surface area contributed by atoms with E-state index in [4.69, 9.17) is 11.6 Å². The summed E-state index contributed by atoms with van der Waals surface area (Å²) >= 11 is 6.23. The van der Waals surface area contributed by atoms with Crippen LogP contribution >= 0.6 is 11.6 Å². The van der Waals surface area contributed by atoms with Gasteiger partial charge in [0.05, 0.1) is 28.5 Å². The molecule has 1 heterocycles. The quantitative estimate of drug-likeness (QED) is 0.741. The maximum atomic E-state index is 13.1.